The fourth-order valence-electron chi connectivity index (χ4n) is 1.76. The van der Waals surface area contributed by atoms with Gasteiger partial charge in [-0.15, -0.1) is 0 Å². The number of ether oxygens (including phenoxy) is 1. The summed E-state index contributed by atoms with van der Waals surface area (Å²) < 4.78 is 20.0. The molecule has 3 nitrogen and oxygen atoms in total. The standard InChI is InChI=1S/C14H7BrClFN2O/c15-8-5-6-10(17)12(7-8)20-13-9-3-1-2-4-11(9)18-14(16)19-13/h1-7H. The van der Waals surface area contributed by atoms with Gasteiger partial charge < -0.3 is 4.74 Å². The summed E-state index contributed by atoms with van der Waals surface area (Å²) in [4.78, 5) is 8.11. The molecule has 0 fully saturated rings. The Hall–Kier alpha value is -1.72. The smallest absolute Gasteiger partial charge is 0.231 e. The van der Waals surface area contributed by atoms with Gasteiger partial charge in [0, 0.05) is 4.47 Å². The van der Waals surface area contributed by atoms with Crippen LogP contribution in [0.4, 0.5) is 4.39 Å². The number of fused-ring (bicyclic) bond motifs is 1. The summed E-state index contributed by atoms with van der Waals surface area (Å²) in [5.41, 5.74) is 0.637. The molecule has 6 heteroatoms. The van der Waals surface area contributed by atoms with Crippen molar-refractivity contribution in [3.05, 3.63) is 58.0 Å². The van der Waals surface area contributed by atoms with E-state index in [-0.39, 0.29) is 16.9 Å². The maximum atomic E-state index is 13.7. The lowest BCUT2D eigenvalue weighted by Gasteiger charge is -2.09. The van der Waals surface area contributed by atoms with Gasteiger partial charge in [0.2, 0.25) is 11.2 Å². The van der Waals surface area contributed by atoms with E-state index in [4.69, 9.17) is 16.3 Å². The Labute approximate surface area is 127 Å². The first kappa shape index (κ1) is 13.3. The quantitative estimate of drug-likeness (QED) is 0.610. The highest BCUT2D eigenvalue weighted by Gasteiger charge is 2.11. The van der Waals surface area contributed by atoms with Crippen LogP contribution < -0.4 is 4.74 Å². The van der Waals surface area contributed by atoms with E-state index >= 15 is 0 Å². The van der Waals surface area contributed by atoms with Crippen LogP contribution in [0.2, 0.25) is 5.28 Å². The molecule has 0 aliphatic rings. The molecule has 0 radical (unpaired) electrons. The summed E-state index contributed by atoms with van der Waals surface area (Å²) in [6.45, 7) is 0. The second-order valence-electron chi connectivity index (χ2n) is 3.99. The summed E-state index contributed by atoms with van der Waals surface area (Å²) >= 11 is 9.12. The van der Waals surface area contributed by atoms with Crippen molar-refractivity contribution in [2.24, 2.45) is 0 Å². The Balaban J connectivity index is 2.13. The Bertz CT molecular complexity index is 797. The molecule has 0 bridgehead atoms. The van der Waals surface area contributed by atoms with Crippen LogP contribution in [0.5, 0.6) is 11.6 Å². The van der Waals surface area contributed by atoms with E-state index in [0.717, 1.165) is 0 Å². The van der Waals surface area contributed by atoms with Gasteiger partial charge in [-0.25, -0.2) is 9.37 Å². The fraction of sp³-hybridized carbons (Fsp3) is 0. The molecule has 20 heavy (non-hydrogen) atoms. The van der Waals surface area contributed by atoms with Crippen LogP contribution >= 0.6 is 27.5 Å². The van der Waals surface area contributed by atoms with Crippen LogP contribution in [0.1, 0.15) is 0 Å². The molecule has 0 saturated carbocycles. The first-order valence-corrected chi connectivity index (χ1v) is 6.86. The van der Waals surface area contributed by atoms with E-state index in [2.05, 4.69) is 25.9 Å². The topological polar surface area (TPSA) is 35.0 Å². The summed E-state index contributed by atoms with van der Waals surface area (Å²) in [5, 5.41) is 0.713. The molecule has 3 rings (SSSR count). The van der Waals surface area contributed by atoms with E-state index in [1.807, 2.05) is 12.1 Å². The van der Waals surface area contributed by atoms with Gasteiger partial charge in [0.25, 0.3) is 0 Å². The molecule has 1 aromatic heterocycles. The number of benzene rings is 2. The SMILES string of the molecule is Fc1ccc(Br)cc1Oc1nc(Cl)nc2ccccc12. The summed E-state index contributed by atoms with van der Waals surface area (Å²) in [5.74, 6) is -0.191. The fourth-order valence-corrected chi connectivity index (χ4v) is 2.27. The van der Waals surface area contributed by atoms with Crippen molar-refractivity contribution in [3.8, 4) is 11.6 Å². The average Bonchev–Trinajstić information content (AvgIpc) is 2.43. The Morgan fingerprint density at radius 3 is 2.75 bits per heavy atom. The number of nitrogens with zero attached hydrogens (tertiary/aromatic N) is 2. The number of hydrogen-bond acceptors (Lipinski definition) is 3. The Kier molecular flexibility index (Phi) is 3.54. The van der Waals surface area contributed by atoms with Gasteiger partial charge in [-0.05, 0) is 41.9 Å². The second kappa shape index (κ2) is 5.34. The van der Waals surface area contributed by atoms with Gasteiger partial charge in [-0.1, -0.05) is 28.1 Å². The molecule has 0 N–H and O–H groups in total. The minimum absolute atomic E-state index is 0.0501. The van der Waals surface area contributed by atoms with Crippen LogP contribution in [-0.2, 0) is 0 Å². The van der Waals surface area contributed by atoms with Crippen LogP contribution in [0.15, 0.2) is 46.9 Å². The lowest BCUT2D eigenvalue weighted by atomic mass is 10.2. The molecular formula is C14H7BrClFN2O. The monoisotopic (exact) mass is 352 g/mol. The molecule has 100 valence electrons. The third kappa shape index (κ3) is 2.59. The maximum absolute atomic E-state index is 13.7. The second-order valence-corrected chi connectivity index (χ2v) is 5.25. The summed E-state index contributed by atoms with van der Waals surface area (Å²) in [6, 6.07) is 11.7. The molecule has 1 heterocycles. The van der Waals surface area contributed by atoms with Crippen molar-refractivity contribution in [2.75, 3.05) is 0 Å². The molecule has 0 aliphatic carbocycles. The van der Waals surface area contributed by atoms with Crippen LogP contribution in [-0.4, -0.2) is 9.97 Å². The molecule has 0 atom stereocenters. The highest BCUT2D eigenvalue weighted by atomic mass is 79.9. The van der Waals surface area contributed by atoms with Crippen molar-refractivity contribution in [2.45, 2.75) is 0 Å². The third-order valence-corrected chi connectivity index (χ3v) is 3.30. The zero-order valence-corrected chi connectivity index (χ0v) is 12.3. The molecule has 0 amide bonds. The Morgan fingerprint density at radius 1 is 1.10 bits per heavy atom. The zero-order valence-electron chi connectivity index (χ0n) is 9.98. The lowest BCUT2D eigenvalue weighted by molar-refractivity contribution is 0.431. The van der Waals surface area contributed by atoms with Crippen molar-refractivity contribution in [1.82, 2.24) is 9.97 Å². The normalized spacial score (nSPS) is 10.8. The van der Waals surface area contributed by atoms with Crippen LogP contribution in [0.25, 0.3) is 10.9 Å². The zero-order chi connectivity index (χ0) is 14.1. The first-order chi connectivity index (χ1) is 9.63. The van der Waals surface area contributed by atoms with Crippen molar-refractivity contribution in [1.29, 1.82) is 0 Å². The first-order valence-electron chi connectivity index (χ1n) is 5.69. The van der Waals surface area contributed by atoms with Gasteiger partial charge in [-0.3, -0.25) is 0 Å². The predicted molar refractivity (Wildman–Crippen MR) is 78.7 cm³/mol. The summed E-state index contributed by atoms with van der Waals surface area (Å²) in [6.07, 6.45) is 0. The maximum Gasteiger partial charge on any atom is 0.231 e. The molecule has 0 unspecified atom stereocenters. The molecule has 0 spiro atoms. The van der Waals surface area contributed by atoms with Crippen molar-refractivity contribution in [3.63, 3.8) is 0 Å². The summed E-state index contributed by atoms with van der Waals surface area (Å²) in [7, 11) is 0. The minimum Gasteiger partial charge on any atom is -0.435 e. The third-order valence-electron chi connectivity index (χ3n) is 2.64. The van der Waals surface area contributed by atoms with Gasteiger partial charge in [0.1, 0.15) is 0 Å². The van der Waals surface area contributed by atoms with Gasteiger partial charge in [-0.2, -0.15) is 4.98 Å². The number of hydrogen-bond donors (Lipinski definition) is 0. The van der Waals surface area contributed by atoms with Crippen molar-refractivity contribution < 1.29 is 9.13 Å². The molecule has 0 saturated heterocycles. The highest BCUT2D eigenvalue weighted by molar-refractivity contribution is 9.10. The molecule has 3 aromatic rings. The van der Waals surface area contributed by atoms with E-state index in [1.165, 1.54) is 12.1 Å². The minimum atomic E-state index is -0.480. The van der Waals surface area contributed by atoms with E-state index in [0.29, 0.717) is 15.4 Å². The molecule has 0 aliphatic heterocycles. The number of para-hydroxylation sites is 1. The van der Waals surface area contributed by atoms with Crippen LogP contribution in [0, 0.1) is 5.82 Å². The lowest BCUT2D eigenvalue weighted by Crippen LogP contribution is -1.94. The van der Waals surface area contributed by atoms with Crippen molar-refractivity contribution >= 4 is 38.4 Å². The van der Waals surface area contributed by atoms with E-state index < -0.39 is 5.82 Å². The average molecular weight is 354 g/mol. The van der Waals surface area contributed by atoms with Gasteiger partial charge in [0.15, 0.2) is 11.6 Å². The number of aromatic nitrogens is 2. The molecular weight excluding hydrogens is 347 g/mol. The number of halogens is 3. The van der Waals surface area contributed by atoms with E-state index in [1.54, 1.807) is 18.2 Å². The van der Waals surface area contributed by atoms with Gasteiger partial charge >= 0.3 is 0 Å². The predicted octanol–water partition coefficient (Wildman–Crippen LogP) is 4.98. The largest absolute Gasteiger partial charge is 0.435 e. The highest BCUT2D eigenvalue weighted by Crippen LogP contribution is 2.31. The molecule has 2 aromatic carbocycles. The Morgan fingerprint density at radius 2 is 1.90 bits per heavy atom. The number of rotatable bonds is 2. The van der Waals surface area contributed by atoms with Crippen LogP contribution in [0.3, 0.4) is 0 Å². The van der Waals surface area contributed by atoms with E-state index in [9.17, 15) is 4.39 Å². The van der Waals surface area contributed by atoms with Gasteiger partial charge in [0.05, 0.1) is 10.9 Å².